The number of rotatable bonds is 4. The molecule has 1 heterocycles. The van der Waals surface area contributed by atoms with Crippen molar-refractivity contribution in [2.24, 2.45) is 0 Å². The molecule has 0 aliphatic carbocycles. The highest BCUT2D eigenvalue weighted by Gasteiger charge is 2.09. The van der Waals surface area contributed by atoms with E-state index in [0.717, 1.165) is 33.8 Å². The van der Waals surface area contributed by atoms with E-state index < -0.39 is 0 Å². The zero-order chi connectivity index (χ0) is 15.6. The molecule has 0 bridgehead atoms. The molecule has 3 heteroatoms. The van der Waals surface area contributed by atoms with Gasteiger partial charge >= 0.3 is 0 Å². The Morgan fingerprint density at radius 3 is 2.52 bits per heavy atom. The van der Waals surface area contributed by atoms with E-state index >= 15 is 0 Å². The van der Waals surface area contributed by atoms with Crippen LogP contribution in [0.5, 0.6) is 5.75 Å². The summed E-state index contributed by atoms with van der Waals surface area (Å²) in [5.74, 6) is 1.41. The van der Waals surface area contributed by atoms with E-state index in [1.165, 1.54) is 5.56 Å². The number of pyridine rings is 1. The molecule has 0 radical (unpaired) electrons. The summed E-state index contributed by atoms with van der Waals surface area (Å²) in [5.41, 5.74) is 12.2. The van der Waals surface area contributed by atoms with E-state index in [9.17, 15) is 0 Å². The Morgan fingerprint density at radius 1 is 1.14 bits per heavy atom. The molecule has 0 saturated heterocycles. The summed E-state index contributed by atoms with van der Waals surface area (Å²) in [6.07, 6.45) is 1.80. The molecule has 0 aliphatic heterocycles. The summed E-state index contributed by atoms with van der Waals surface area (Å²) in [6, 6.07) is 6.38. The van der Waals surface area contributed by atoms with Gasteiger partial charge in [0.1, 0.15) is 12.4 Å². The van der Waals surface area contributed by atoms with E-state index in [2.05, 4.69) is 44.0 Å². The van der Waals surface area contributed by atoms with Crippen LogP contribution in [0.15, 0.2) is 24.4 Å². The molecule has 0 atom stereocenters. The fourth-order valence-electron chi connectivity index (χ4n) is 2.22. The molecular weight excluding hydrogens is 260 g/mol. The number of nitrogen functional groups attached to an aromatic ring is 1. The van der Waals surface area contributed by atoms with Crippen LogP contribution in [0.3, 0.4) is 0 Å². The highest BCUT2D eigenvalue weighted by molar-refractivity contribution is 5.53. The maximum atomic E-state index is 6.05. The number of hydrogen-bond donors (Lipinski definition) is 1. The Bertz CT molecular complexity index is 648. The van der Waals surface area contributed by atoms with E-state index in [0.29, 0.717) is 12.5 Å². The van der Waals surface area contributed by atoms with Gasteiger partial charge in [0, 0.05) is 11.9 Å². The average molecular weight is 284 g/mol. The minimum Gasteiger partial charge on any atom is -0.487 e. The molecule has 0 spiro atoms. The first-order valence-corrected chi connectivity index (χ1v) is 7.34. The predicted molar refractivity (Wildman–Crippen MR) is 87.7 cm³/mol. The maximum absolute atomic E-state index is 6.05. The second-order valence-electron chi connectivity index (χ2n) is 5.89. The Morgan fingerprint density at radius 2 is 1.86 bits per heavy atom. The number of anilines is 1. The minimum atomic E-state index is 0.443. The molecule has 1 aromatic heterocycles. The Balaban J connectivity index is 2.20. The molecule has 0 unspecified atom stereocenters. The third-order valence-corrected chi connectivity index (χ3v) is 3.92. The summed E-state index contributed by atoms with van der Waals surface area (Å²) < 4.78 is 5.97. The van der Waals surface area contributed by atoms with Crippen LogP contribution in [0.4, 0.5) is 5.69 Å². The first kappa shape index (κ1) is 15.4. The van der Waals surface area contributed by atoms with Crippen LogP contribution in [0.2, 0.25) is 0 Å². The number of aromatic nitrogens is 1. The molecule has 2 N–H and O–H groups in total. The monoisotopic (exact) mass is 284 g/mol. The van der Waals surface area contributed by atoms with Gasteiger partial charge in [0.15, 0.2) is 0 Å². The number of nitrogens with two attached hydrogens (primary N) is 1. The molecule has 0 saturated carbocycles. The normalized spacial score (nSPS) is 11.0. The van der Waals surface area contributed by atoms with Crippen molar-refractivity contribution in [2.75, 3.05) is 5.73 Å². The summed E-state index contributed by atoms with van der Waals surface area (Å²) in [4.78, 5) is 4.44. The number of nitrogens with zero attached hydrogens (tertiary/aromatic N) is 1. The Kier molecular flexibility index (Phi) is 4.51. The van der Waals surface area contributed by atoms with Crippen molar-refractivity contribution in [3.8, 4) is 5.75 Å². The van der Waals surface area contributed by atoms with Gasteiger partial charge < -0.3 is 10.5 Å². The third-order valence-electron chi connectivity index (χ3n) is 3.92. The van der Waals surface area contributed by atoms with Gasteiger partial charge in [0.25, 0.3) is 0 Å². The van der Waals surface area contributed by atoms with E-state index in [-0.39, 0.29) is 0 Å². The SMILES string of the molecule is Cc1ccc(C(C)C)cc1OCc1ncc(C)c(N)c1C. The summed E-state index contributed by atoms with van der Waals surface area (Å²) in [7, 11) is 0. The standard InChI is InChI=1S/C18H24N2O/c1-11(2)15-7-6-12(3)17(8-15)21-10-16-14(5)18(19)13(4)9-20-16/h6-9,11H,10H2,1-5H3,(H2,19,20). The van der Waals surface area contributed by atoms with Gasteiger partial charge in [0.2, 0.25) is 0 Å². The first-order valence-electron chi connectivity index (χ1n) is 7.34. The van der Waals surface area contributed by atoms with Gasteiger partial charge in [-0.3, -0.25) is 4.98 Å². The lowest BCUT2D eigenvalue weighted by molar-refractivity contribution is 0.298. The number of hydrogen-bond acceptors (Lipinski definition) is 3. The van der Waals surface area contributed by atoms with Crippen LogP contribution in [0.25, 0.3) is 0 Å². The van der Waals surface area contributed by atoms with E-state index in [1.54, 1.807) is 6.20 Å². The van der Waals surface area contributed by atoms with Gasteiger partial charge in [-0.25, -0.2) is 0 Å². The lowest BCUT2D eigenvalue weighted by Gasteiger charge is -2.14. The van der Waals surface area contributed by atoms with Crippen molar-refractivity contribution >= 4 is 5.69 Å². The highest BCUT2D eigenvalue weighted by Crippen LogP contribution is 2.26. The fraction of sp³-hybridized carbons (Fsp3) is 0.389. The van der Waals surface area contributed by atoms with Crippen molar-refractivity contribution in [1.82, 2.24) is 4.98 Å². The first-order chi connectivity index (χ1) is 9.90. The molecule has 2 rings (SSSR count). The average Bonchev–Trinajstić information content (AvgIpc) is 2.45. The van der Waals surface area contributed by atoms with Gasteiger partial charge in [0.05, 0.1) is 5.69 Å². The zero-order valence-corrected chi connectivity index (χ0v) is 13.5. The zero-order valence-electron chi connectivity index (χ0n) is 13.5. The molecular formula is C18H24N2O. The van der Waals surface area contributed by atoms with Crippen molar-refractivity contribution in [2.45, 2.75) is 47.1 Å². The van der Waals surface area contributed by atoms with E-state index in [4.69, 9.17) is 10.5 Å². The van der Waals surface area contributed by atoms with Gasteiger partial charge in [-0.05, 0) is 55.0 Å². The summed E-state index contributed by atoms with van der Waals surface area (Å²) >= 11 is 0. The fourth-order valence-corrected chi connectivity index (χ4v) is 2.22. The van der Waals surface area contributed by atoms with Crippen LogP contribution >= 0.6 is 0 Å². The van der Waals surface area contributed by atoms with Crippen LogP contribution in [-0.2, 0) is 6.61 Å². The summed E-state index contributed by atoms with van der Waals surface area (Å²) in [6.45, 7) is 10.8. The lowest BCUT2D eigenvalue weighted by Crippen LogP contribution is -2.06. The third kappa shape index (κ3) is 3.35. The second kappa shape index (κ2) is 6.17. The van der Waals surface area contributed by atoms with Crippen molar-refractivity contribution < 1.29 is 4.74 Å². The molecule has 3 nitrogen and oxygen atoms in total. The van der Waals surface area contributed by atoms with Gasteiger partial charge in [-0.2, -0.15) is 0 Å². The van der Waals surface area contributed by atoms with Crippen LogP contribution in [0, 0.1) is 20.8 Å². The molecule has 21 heavy (non-hydrogen) atoms. The second-order valence-corrected chi connectivity index (χ2v) is 5.89. The molecule has 2 aromatic rings. The Hall–Kier alpha value is -2.03. The lowest BCUT2D eigenvalue weighted by atomic mass is 10.0. The molecule has 1 aromatic carbocycles. The van der Waals surface area contributed by atoms with Crippen molar-refractivity contribution in [3.05, 3.63) is 52.3 Å². The molecule has 0 fully saturated rings. The molecule has 0 aliphatic rings. The van der Waals surface area contributed by atoms with Crippen LogP contribution in [0.1, 0.15) is 47.7 Å². The van der Waals surface area contributed by atoms with Gasteiger partial charge in [-0.15, -0.1) is 0 Å². The van der Waals surface area contributed by atoms with Crippen molar-refractivity contribution in [1.29, 1.82) is 0 Å². The minimum absolute atomic E-state index is 0.443. The summed E-state index contributed by atoms with van der Waals surface area (Å²) in [5, 5.41) is 0. The predicted octanol–water partition coefficient (Wildman–Crippen LogP) is 4.29. The largest absolute Gasteiger partial charge is 0.487 e. The van der Waals surface area contributed by atoms with Gasteiger partial charge in [-0.1, -0.05) is 26.0 Å². The van der Waals surface area contributed by atoms with Crippen molar-refractivity contribution in [3.63, 3.8) is 0 Å². The molecule has 112 valence electrons. The highest BCUT2D eigenvalue weighted by atomic mass is 16.5. The number of benzene rings is 1. The maximum Gasteiger partial charge on any atom is 0.131 e. The van der Waals surface area contributed by atoms with Crippen LogP contribution in [-0.4, -0.2) is 4.98 Å². The topological polar surface area (TPSA) is 48.1 Å². The quantitative estimate of drug-likeness (QED) is 0.911. The smallest absolute Gasteiger partial charge is 0.131 e. The molecule has 0 amide bonds. The van der Waals surface area contributed by atoms with Crippen LogP contribution < -0.4 is 10.5 Å². The Labute approximate surface area is 127 Å². The number of ether oxygens (including phenoxy) is 1. The van der Waals surface area contributed by atoms with E-state index in [1.807, 2.05) is 13.8 Å². The number of aryl methyl sites for hydroxylation is 2.